The second kappa shape index (κ2) is 5.43. The minimum Gasteiger partial charge on any atom is -0.508 e. The Hall–Kier alpha value is -2.20. The summed E-state index contributed by atoms with van der Waals surface area (Å²) in [5.41, 5.74) is 2.79. The second-order valence-electron chi connectivity index (χ2n) is 4.42. The van der Waals surface area contributed by atoms with Crippen molar-refractivity contribution in [1.82, 2.24) is 4.98 Å². The lowest BCUT2D eigenvalue weighted by molar-refractivity contribution is 0.475. The van der Waals surface area contributed by atoms with Crippen molar-refractivity contribution in [3.63, 3.8) is 0 Å². The molecule has 20 heavy (non-hydrogen) atoms. The molecule has 0 bridgehead atoms. The first-order valence-electron chi connectivity index (χ1n) is 6.25. The summed E-state index contributed by atoms with van der Waals surface area (Å²) in [6.07, 6.45) is 3.84. The maximum atomic E-state index is 9.53. The number of hydrogen-bond acceptors (Lipinski definition) is 4. The topological polar surface area (TPSA) is 45.2 Å². The van der Waals surface area contributed by atoms with Crippen LogP contribution in [0.3, 0.4) is 0 Å². The first-order valence-corrected chi connectivity index (χ1v) is 7.47. The summed E-state index contributed by atoms with van der Waals surface area (Å²) in [6.45, 7) is 0. The Bertz CT molecular complexity index is 758. The highest BCUT2D eigenvalue weighted by molar-refractivity contribution is 7.98. The van der Waals surface area contributed by atoms with E-state index in [1.807, 2.05) is 24.3 Å². The summed E-state index contributed by atoms with van der Waals surface area (Å²) < 4.78 is 0. The molecule has 3 rings (SSSR count). The van der Waals surface area contributed by atoms with Gasteiger partial charge in [0.1, 0.15) is 5.75 Å². The number of rotatable bonds is 3. The van der Waals surface area contributed by atoms with Crippen molar-refractivity contribution in [3.05, 3.63) is 54.7 Å². The van der Waals surface area contributed by atoms with Crippen LogP contribution in [0.1, 0.15) is 0 Å². The summed E-state index contributed by atoms with van der Waals surface area (Å²) in [7, 11) is 0. The van der Waals surface area contributed by atoms with E-state index in [2.05, 4.69) is 28.7 Å². The molecule has 0 aliphatic rings. The van der Waals surface area contributed by atoms with Gasteiger partial charge in [0, 0.05) is 33.9 Å². The molecule has 4 heteroatoms. The molecule has 1 heterocycles. The summed E-state index contributed by atoms with van der Waals surface area (Å²) in [6, 6.07) is 15.2. The molecule has 0 atom stereocenters. The maximum Gasteiger partial charge on any atom is 0.117 e. The van der Waals surface area contributed by atoms with Crippen LogP contribution in [-0.4, -0.2) is 16.3 Å². The number of pyridine rings is 1. The van der Waals surface area contributed by atoms with Gasteiger partial charge in [0.25, 0.3) is 0 Å². The number of nitrogens with zero attached hydrogens (tertiary/aromatic N) is 1. The third-order valence-corrected chi connectivity index (χ3v) is 3.80. The Kier molecular flexibility index (Phi) is 3.48. The highest BCUT2D eigenvalue weighted by Gasteiger charge is 2.04. The summed E-state index contributed by atoms with van der Waals surface area (Å²) in [4.78, 5) is 5.58. The third-order valence-electron chi connectivity index (χ3n) is 3.07. The number of phenols is 1. The van der Waals surface area contributed by atoms with Crippen molar-refractivity contribution in [1.29, 1.82) is 0 Å². The van der Waals surface area contributed by atoms with Gasteiger partial charge in [-0.15, -0.1) is 11.8 Å². The van der Waals surface area contributed by atoms with Crippen LogP contribution < -0.4 is 5.32 Å². The van der Waals surface area contributed by atoms with E-state index >= 15 is 0 Å². The van der Waals surface area contributed by atoms with Crippen molar-refractivity contribution >= 4 is 34.0 Å². The van der Waals surface area contributed by atoms with Crippen LogP contribution in [0.4, 0.5) is 11.4 Å². The van der Waals surface area contributed by atoms with Crippen molar-refractivity contribution in [2.45, 2.75) is 4.90 Å². The molecule has 1 aromatic heterocycles. The van der Waals surface area contributed by atoms with Crippen LogP contribution in [0.2, 0.25) is 0 Å². The fraction of sp³-hybridized carbons (Fsp3) is 0.0625. The molecule has 2 N–H and O–H groups in total. The number of fused-ring (bicyclic) bond motifs is 1. The van der Waals surface area contributed by atoms with Crippen LogP contribution in [0, 0.1) is 0 Å². The van der Waals surface area contributed by atoms with E-state index in [1.165, 1.54) is 4.90 Å². The van der Waals surface area contributed by atoms with Gasteiger partial charge >= 0.3 is 0 Å². The molecule has 0 radical (unpaired) electrons. The van der Waals surface area contributed by atoms with Crippen LogP contribution >= 0.6 is 11.8 Å². The van der Waals surface area contributed by atoms with Gasteiger partial charge in [0.2, 0.25) is 0 Å². The van der Waals surface area contributed by atoms with E-state index in [1.54, 1.807) is 30.1 Å². The number of anilines is 2. The smallest absolute Gasteiger partial charge is 0.117 e. The monoisotopic (exact) mass is 282 g/mol. The summed E-state index contributed by atoms with van der Waals surface area (Å²) in [5.74, 6) is 0.248. The number of hydrogen-bond donors (Lipinski definition) is 2. The summed E-state index contributed by atoms with van der Waals surface area (Å²) >= 11 is 1.71. The fourth-order valence-corrected chi connectivity index (χ4v) is 2.54. The first kappa shape index (κ1) is 12.8. The zero-order valence-electron chi connectivity index (χ0n) is 11.0. The maximum absolute atomic E-state index is 9.53. The quantitative estimate of drug-likeness (QED) is 0.699. The molecule has 0 aliphatic carbocycles. The first-order chi connectivity index (χ1) is 9.76. The molecule has 3 nitrogen and oxygen atoms in total. The zero-order valence-corrected chi connectivity index (χ0v) is 11.8. The Balaban J connectivity index is 2.06. The van der Waals surface area contributed by atoms with Gasteiger partial charge in [0.05, 0.1) is 5.52 Å². The van der Waals surface area contributed by atoms with Gasteiger partial charge in [-0.25, -0.2) is 0 Å². The predicted molar refractivity (Wildman–Crippen MR) is 84.9 cm³/mol. The van der Waals surface area contributed by atoms with Gasteiger partial charge in [0.15, 0.2) is 0 Å². The minimum atomic E-state index is 0.248. The number of aromatic nitrogens is 1. The number of nitrogens with one attached hydrogen (secondary N) is 1. The molecular weight excluding hydrogens is 268 g/mol. The normalized spacial score (nSPS) is 10.7. The van der Waals surface area contributed by atoms with E-state index in [4.69, 9.17) is 0 Å². The molecule has 0 fully saturated rings. The molecule has 0 unspecified atom stereocenters. The van der Waals surface area contributed by atoms with Crippen molar-refractivity contribution in [2.24, 2.45) is 0 Å². The molecule has 100 valence electrons. The summed E-state index contributed by atoms with van der Waals surface area (Å²) in [5, 5.41) is 13.9. The number of aromatic hydroxyl groups is 1. The molecule has 0 saturated carbocycles. The van der Waals surface area contributed by atoms with Crippen molar-refractivity contribution < 1.29 is 5.11 Å². The van der Waals surface area contributed by atoms with Gasteiger partial charge in [-0.2, -0.15) is 0 Å². The Morgan fingerprint density at radius 2 is 2.00 bits per heavy atom. The number of phenolic OH excluding ortho intramolecular Hbond substituents is 1. The second-order valence-corrected chi connectivity index (χ2v) is 5.30. The largest absolute Gasteiger partial charge is 0.508 e. The van der Waals surface area contributed by atoms with Crippen LogP contribution in [0.25, 0.3) is 10.9 Å². The van der Waals surface area contributed by atoms with E-state index in [0.29, 0.717) is 0 Å². The van der Waals surface area contributed by atoms with E-state index in [9.17, 15) is 5.11 Å². The lowest BCUT2D eigenvalue weighted by Gasteiger charge is -2.10. The minimum absolute atomic E-state index is 0.248. The van der Waals surface area contributed by atoms with Crippen LogP contribution in [0.15, 0.2) is 59.6 Å². The van der Waals surface area contributed by atoms with Gasteiger partial charge < -0.3 is 10.4 Å². The highest BCUT2D eigenvalue weighted by Crippen LogP contribution is 2.29. The van der Waals surface area contributed by atoms with Gasteiger partial charge in [-0.3, -0.25) is 4.98 Å². The Morgan fingerprint density at radius 1 is 1.10 bits per heavy atom. The Morgan fingerprint density at radius 3 is 2.80 bits per heavy atom. The Labute approximate surface area is 121 Å². The van der Waals surface area contributed by atoms with E-state index < -0.39 is 0 Å². The lowest BCUT2D eigenvalue weighted by atomic mass is 10.2. The zero-order chi connectivity index (χ0) is 13.9. The SMILES string of the molecule is CSc1ccc2nccc(Nc3cccc(O)c3)c2c1. The number of thioether (sulfide) groups is 1. The van der Waals surface area contributed by atoms with Gasteiger partial charge in [-0.1, -0.05) is 6.07 Å². The molecule has 2 aromatic carbocycles. The molecule has 0 amide bonds. The molecule has 0 aliphatic heterocycles. The molecule has 0 saturated heterocycles. The molecule has 3 aromatic rings. The van der Waals surface area contributed by atoms with Gasteiger partial charge in [-0.05, 0) is 42.7 Å². The van der Waals surface area contributed by atoms with Crippen molar-refractivity contribution in [3.8, 4) is 5.75 Å². The average molecular weight is 282 g/mol. The standard InChI is InChI=1S/C16H14N2OS/c1-20-13-5-6-15-14(10-13)16(7-8-17-15)18-11-3-2-4-12(19)9-11/h2-10,19H,1H3,(H,17,18). The highest BCUT2D eigenvalue weighted by atomic mass is 32.2. The third kappa shape index (κ3) is 2.56. The lowest BCUT2D eigenvalue weighted by Crippen LogP contribution is -1.92. The van der Waals surface area contributed by atoms with E-state index in [-0.39, 0.29) is 5.75 Å². The van der Waals surface area contributed by atoms with Crippen LogP contribution in [-0.2, 0) is 0 Å². The van der Waals surface area contributed by atoms with E-state index in [0.717, 1.165) is 22.3 Å². The van der Waals surface area contributed by atoms with Crippen molar-refractivity contribution in [2.75, 3.05) is 11.6 Å². The average Bonchev–Trinajstić information content (AvgIpc) is 2.47. The molecular formula is C16H14N2OS. The predicted octanol–water partition coefficient (Wildman–Crippen LogP) is 4.41. The molecule has 0 spiro atoms. The van der Waals surface area contributed by atoms with Crippen LogP contribution in [0.5, 0.6) is 5.75 Å². The fourth-order valence-electron chi connectivity index (χ4n) is 2.10. The number of benzene rings is 2.